The molecule has 0 fully saturated rings. The summed E-state index contributed by atoms with van der Waals surface area (Å²) in [6, 6.07) is 5.58. The molecule has 0 unspecified atom stereocenters. The number of hydrogen-bond acceptors (Lipinski definition) is 3. The van der Waals surface area contributed by atoms with E-state index in [4.69, 9.17) is 5.11 Å². The molecule has 0 atom stereocenters. The van der Waals surface area contributed by atoms with Gasteiger partial charge < -0.3 is 10.4 Å². The highest BCUT2D eigenvalue weighted by Crippen LogP contribution is 2.25. The molecular formula is C13H9BrFNO3S. The molecular weight excluding hydrogens is 349 g/mol. The number of hydrogen-bond donors (Lipinski definition) is 2. The summed E-state index contributed by atoms with van der Waals surface area (Å²) < 4.78 is 13.5. The lowest BCUT2D eigenvalue weighted by molar-refractivity contribution is 0.0702. The summed E-state index contributed by atoms with van der Waals surface area (Å²) in [6.07, 6.45) is 0. The van der Waals surface area contributed by atoms with E-state index in [9.17, 15) is 14.0 Å². The quantitative estimate of drug-likeness (QED) is 0.874. The SMILES string of the molecule is Cc1cc(F)c(Br)cc1NC(=O)c1ccc(C(=O)O)s1. The molecule has 1 aromatic carbocycles. The van der Waals surface area contributed by atoms with Gasteiger partial charge in [-0.15, -0.1) is 11.3 Å². The molecule has 1 aromatic heterocycles. The molecule has 0 spiro atoms. The average molecular weight is 358 g/mol. The Kier molecular flexibility index (Phi) is 4.20. The summed E-state index contributed by atoms with van der Waals surface area (Å²) in [7, 11) is 0. The minimum Gasteiger partial charge on any atom is -0.477 e. The maximum atomic E-state index is 13.3. The van der Waals surface area contributed by atoms with Crippen LogP contribution in [0.4, 0.5) is 10.1 Å². The average Bonchev–Trinajstić information content (AvgIpc) is 2.85. The predicted molar refractivity (Wildman–Crippen MR) is 78.1 cm³/mol. The molecule has 2 aromatic rings. The van der Waals surface area contributed by atoms with E-state index < -0.39 is 17.7 Å². The molecule has 1 heterocycles. The zero-order chi connectivity index (χ0) is 14.9. The second-order valence-electron chi connectivity index (χ2n) is 4.00. The molecule has 7 heteroatoms. The Labute approximate surface area is 126 Å². The van der Waals surface area contributed by atoms with Crippen molar-refractivity contribution in [3.63, 3.8) is 0 Å². The number of thiophene rings is 1. The third-order valence-electron chi connectivity index (χ3n) is 2.56. The number of carboxylic acid groups (broad SMARTS) is 1. The van der Waals surface area contributed by atoms with E-state index in [1.807, 2.05) is 0 Å². The van der Waals surface area contributed by atoms with E-state index in [-0.39, 0.29) is 14.2 Å². The highest BCUT2D eigenvalue weighted by Gasteiger charge is 2.14. The summed E-state index contributed by atoms with van der Waals surface area (Å²) in [5.41, 5.74) is 1.04. The van der Waals surface area contributed by atoms with Crippen molar-refractivity contribution >= 4 is 44.8 Å². The molecule has 0 radical (unpaired) electrons. The standard InChI is InChI=1S/C13H9BrFNO3S/c1-6-4-8(15)7(14)5-9(6)16-12(17)10-2-3-11(20-10)13(18)19/h2-5H,1H3,(H,16,17)(H,18,19). The molecule has 0 aliphatic rings. The summed E-state index contributed by atoms with van der Waals surface area (Å²) in [4.78, 5) is 23.1. The number of aromatic carboxylic acids is 1. The number of anilines is 1. The van der Waals surface area contributed by atoms with E-state index in [2.05, 4.69) is 21.2 Å². The van der Waals surface area contributed by atoms with Gasteiger partial charge in [0.15, 0.2) is 0 Å². The van der Waals surface area contributed by atoms with Gasteiger partial charge >= 0.3 is 5.97 Å². The van der Waals surface area contributed by atoms with E-state index in [1.165, 1.54) is 24.3 Å². The first kappa shape index (κ1) is 14.7. The van der Waals surface area contributed by atoms with Gasteiger partial charge in [-0.2, -0.15) is 0 Å². The minimum atomic E-state index is -1.07. The van der Waals surface area contributed by atoms with Gasteiger partial charge in [-0.3, -0.25) is 4.79 Å². The van der Waals surface area contributed by atoms with Crippen LogP contribution in [0.15, 0.2) is 28.7 Å². The Morgan fingerprint density at radius 2 is 1.95 bits per heavy atom. The molecule has 0 aliphatic carbocycles. The van der Waals surface area contributed by atoms with Crippen molar-refractivity contribution in [2.75, 3.05) is 5.32 Å². The van der Waals surface area contributed by atoms with Crippen molar-refractivity contribution in [1.82, 2.24) is 0 Å². The molecule has 104 valence electrons. The first-order valence-corrected chi connectivity index (χ1v) is 7.09. The van der Waals surface area contributed by atoms with Crippen LogP contribution in [0.1, 0.15) is 24.9 Å². The molecule has 2 rings (SSSR count). The third kappa shape index (κ3) is 3.05. The van der Waals surface area contributed by atoms with Crippen LogP contribution in [0.5, 0.6) is 0 Å². The zero-order valence-corrected chi connectivity index (χ0v) is 12.6. The lowest BCUT2D eigenvalue weighted by atomic mass is 10.2. The number of rotatable bonds is 3. The monoisotopic (exact) mass is 357 g/mol. The van der Waals surface area contributed by atoms with Crippen molar-refractivity contribution in [3.8, 4) is 0 Å². The second-order valence-corrected chi connectivity index (χ2v) is 5.94. The summed E-state index contributed by atoms with van der Waals surface area (Å²) in [6.45, 7) is 1.67. The summed E-state index contributed by atoms with van der Waals surface area (Å²) in [5, 5.41) is 11.4. The number of carbonyl (C=O) groups excluding carboxylic acids is 1. The fraction of sp³-hybridized carbons (Fsp3) is 0.0769. The van der Waals surface area contributed by atoms with Crippen LogP contribution in [-0.2, 0) is 0 Å². The van der Waals surface area contributed by atoms with Crippen molar-refractivity contribution in [3.05, 3.63) is 49.9 Å². The van der Waals surface area contributed by atoms with Crippen LogP contribution in [0.25, 0.3) is 0 Å². The van der Waals surface area contributed by atoms with E-state index in [0.29, 0.717) is 11.3 Å². The van der Waals surface area contributed by atoms with Gasteiger partial charge in [0.2, 0.25) is 0 Å². The highest BCUT2D eigenvalue weighted by molar-refractivity contribution is 9.10. The number of aryl methyl sites for hydroxylation is 1. The molecule has 0 aliphatic heterocycles. The largest absolute Gasteiger partial charge is 0.477 e. The Bertz CT molecular complexity index is 699. The molecule has 0 saturated heterocycles. The lowest BCUT2D eigenvalue weighted by Crippen LogP contribution is -2.11. The lowest BCUT2D eigenvalue weighted by Gasteiger charge is -2.08. The predicted octanol–water partition coefficient (Wildman–Crippen LogP) is 3.91. The van der Waals surface area contributed by atoms with Gasteiger partial charge in [0.25, 0.3) is 5.91 Å². The van der Waals surface area contributed by atoms with Crippen LogP contribution in [0.3, 0.4) is 0 Å². The van der Waals surface area contributed by atoms with Crippen LogP contribution in [0, 0.1) is 12.7 Å². The van der Waals surface area contributed by atoms with Crippen molar-refractivity contribution in [2.24, 2.45) is 0 Å². The van der Waals surface area contributed by atoms with Gasteiger partial charge in [0, 0.05) is 5.69 Å². The van der Waals surface area contributed by atoms with E-state index in [1.54, 1.807) is 6.92 Å². The number of benzene rings is 1. The van der Waals surface area contributed by atoms with Gasteiger partial charge in [0.1, 0.15) is 10.7 Å². The first-order chi connectivity index (χ1) is 9.38. The van der Waals surface area contributed by atoms with Gasteiger partial charge in [-0.1, -0.05) is 0 Å². The maximum absolute atomic E-state index is 13.3. The summed E-state index contributed by atoms with van der Waals surface area (Å²) >= 11 is 3.93. The normalized spacial score (nSPS) is 10.3. The Balaban J connectivity index is 2.23. The Morgan fingerprint density at radius 1 is 1.30 bits per heavy atom. The number of halogens is 2. The molecule has 20 heavy (non-hydrogen) atoms. The smallest absolute Gasteiger partial charge is 0.345 e. The molecule has 0 saturated carbocycles. The van der Waals surface area contributed by atoms with Crippen LogP contribution >= 0.6 is 27.3 Å². The van der Waals surface area contributed by atoms with Crippen molar-refractivity contribution in [1.29, 1.82) is 0 Å². The fourth-order valence-corrected chi connectivity index (χ4v) is 2.62. The van der Waals surface area contributed by atoms with Crippen LogP contribution < -0.4 is 5.32 Å². The van der Waals surface area contributed by atoms with E-state index >= 15 is 0 Å². The third-order valence-corrected chi connectivity index (χ3v) is 4.24. The molecule has 0 bridgehead atoms. The molecule has 1 amide bonds. The fourth-order valence-electron chi connectivity index (χ4n) is 1.54. The second kappa shape index (κ2) is 5.72. The Hall–Kier alpha value is -1.73. The van der Waals surface area contributed by atoms with Crippen LogP contribution in [-0.4, -0.2) is 17.0 Å². The van der Waals surface area contributed by atoms with Crippen LogP contribution in [0.2, 0.25) is 0 Å². The molecule has 2 N–H and O–H groups in total. The minimum absolute atomic E-state index is 0.0900. The van der Waals surface area contributed by atoms with Crippen molar-refractivity contribution in [2.45, 2.75) is 6.92 Å². The first-order valence-electron chi connectivity index (χ1n) is 5.48. The number of nitrogens with one attached hydrogen (secondary N) is 1. The number of carbonyl (C=O) groups is 2. The van der Waals surface area contributed by atoms with Gasteiger partial charge in [-0.05, 0) is 52.7 Å². The maximum Gasteiger partial charge on any atom is 0.345 e. The topological polar surface area (TPSA) is 66.4 Å². The van der Waals surface area contributed by atoms with Gasteiger partial charge in [0.05, 0.1) is 9.35 Å². The number of carboxylic acids is 1. The zero-order valence-electron chi connectivity index (χ0n) is 10.2. The highest BCUT2D eigenvalue weighted by atomic mass is 79.9. The van der Waals surface area contributed by atoms with E-state index in [0.717, 1.165) is 11.3 Å². The van der Waals surface area contributed by atoms with Gasteiger partial charge in [-0.25, -0.2) is 9.18 Å². The summed E-state index contributed by atoms with van der Waals surface area (Å²) in [5.74, 6) is -1.91. The molecule has 4 nitrogen and oxygen atoms in total. The van der Waals surface area contributed by atoms with Crippen molar-refractivity contribution < 1.29 is 19.1 Å². The number of amides is 1. The Morgan fingerprint density at radius 3 is 2.55 bits per heavy atom.